The number of amides is 1. The van der Waals surface area contributed by atoms with Crippen molar-refractivity contribution in [1.29, 1.82) is 0 Å². The number of para-hydroxylation sites is 1. The Bertz CT molecular complexity index is 1130. The number of nitrogens with zero attached hydrogens (tertiary/aromatic N) is 1. The summed E-state index contributed by atoms with van der Waals surface area (Å²) in [5.74, 6) is 0.304. The number of aromatic nitrogens is 2. The highest BCUT2D eigenvalue weighted by atomic mass is 16.5. The molecule has 9 heteroatoms. The number of aromatic amines is 1. The fourth-order valence-corrected chi connectivity index (χ4v) is 2.80. The molecular formula is C21H21N3O6. The number of H-pyrrole nitrogens is 1. The van der Waals surface area contributed by atoms with Gasteiger partial charge < -0.3 is 24.5 Å². The number of fused-ring (bicyclic) bond motifs is 1. The van der Waals surface area contributed by atoms with Crippen LogP contribution >= 0.6 is 0 Å². The van der Waals surface area contributed by atoms with Gasteiger partial charge in [-0.05, 0) is 24.3 Å². The highest BCUT2D eigenvalue weighted by Crippen LogP contribution is 2.29. The van der Waals surface area contributed by atoms with Crippen molar-refractivity contribution in [3.8, 4) is 11.5 Å². The van der Waals surface area contributed by atoms with Crippen molar-refractivity contribution < 1.29 is 23.8 Å². The molecule has 30 heavy (non-hydrogen) atoms. The monoisotopic (exact) mass is 411 g/mol. The maximum Gasteiger partial charge on any atom is 0.306 e. The maximum atomic E-state index is 12.0. The van der Waals surface area contributed by atoms with Crippen LogP contribution in [0.5, 0.6) is 11.5 Å². The fourth-order valence-electron chi connectivity index (χ4n) is 2.80. The molecule has 0 fully saturated rings. The molecule has 0 spiro atoms. The van der Waals surface area contributed by atoms with Crippen molar-refractivity contribution in [2.24, 2.45) is 0 Å². The average Bonchev–Trinajstić information content (AvgIpc) is 2.76. The van der Waals surface area contributed by atoms with Crippen LogP contribution in [0.3, 0.4) is 0 Å². The van der Waals surface area contributed by atoms with Gasteiger partial charge in [-0.2, -0.15) is 0 Å². The lowest BCUT2D eigenvalue weighted by Gasteiger charge is -2.10. The molecule has 0 radical (unpaired) electrons. The van der Waals surface area contributed by atoms with Crippen LogP contribution in [0, 0.1) is 0 Å². The van der Waals surface area contributed by atoms with Gasteiger partial charge in [0.2, 0.25) is 0 Å². The number of methoxy groups -OCH3 is 2. The molecule has 3 aromatic rings. The predicted molar refractivity (Wildman–Crippen MR) is 110 cm³/mol. The minimum absolute atomic E-state index is 0.0229. The van der Waals surface area contributed by atoms with Gasteiger partial charge in [-0.25, -0.2) is 4.98 Å². The summed E-state index contributed by atoms with van der Waals surface area (Å²) < 4.78 is 15.3. The van der Waals surface area contributed by atoms with Crippen LogP contribution in [-0.4, -0.2) is 42.7 Å². The summed E-state index contributed by atoms with van der Waals surface area (Å²) >= 11 is 0. The van der Waals surface area contributed by atoms with Crippen LogP contribution in [0.2, 0.25) is 0 Å². The SMILES string of the molecule is COc1ccc(NC(=O)COC(=O)CCc2nc3ccccc3c(=O)[nH]2)cc1OC. The number of hydrogen-bond donors (Lipinski definition) is 2. The molecule has 0 bridgehead atoms. The van der Waals surface area contributed by atoms with Gasteiger partial charge in [0, 0.05) is 18.2 Å². The highest BCUT2D eigenvalue weighted by molar-refractivity contribution is 5.93. The van der Waals surface area contributed by atoms with Crippen LogP contribution in [0.15, 0.2) is 47.3 Å². The lowest BCUT2D eigenvalue weighted by atomic mass is 10.2. The van der Waals surface area contributed by atoms with Gasteiger partial charge in [0.1, 0.15) is 5.82 Å². The Labute approximate surface area is 172 Å². The molecule has 1 aromatic heterocycles. The molecule has 3 rings (SSSR count). The van der Waals surface area contributed by atoms with Gasteiger partial charge in [0.25, 0.3) is 11.5 Å². The van der Waals surface area contributed by atoms with Crippen molar-refractivity contribution >= 4 is 28.5 Å². The molecule has 0 unspecified atom stereocenters. The van der Waals surface area contributed by atoms with Gasteiger partial charge in [0.15, 0.2) is 18.1 Å². The van der Waals surface area contributed by atoms with E-state index in [0.29, 0.717) is 33.9 Å². The first-order chi connectivity index (χ1) is 14.5. The first-order valence-corrected chi connectivity index (χ1v) is 9.15. The molecule has 0 atom stereocenters. The lowest BCUT2D eigenvalue weighted by molar-refractivity contribution is -0.147. The Morgan fingerprint density at radius 3 is 2.60 bits per heavy atom. The predicted octanol–water partition coefficient (Wildman–Crippen LogP) is 2.05. The normalized spacial score (nSPS) is 10.5. The molecule has 0 aliphatic heterocycles. The summed E-state index contributed by atoms with van der Waals surface area (Å²) in [4.78, 5) is 43.0. The second-order valence-electron chi connectivity index (χ2n) is 6.31. The third-order valence-electron chi connectivity index (χ3n) is 4.26. The van der Waals surface area contributed by atoms with Crippen LogP contribution in [-0.2, 0) is 20.7 Å². The summed E-state index contributed by atoms with van der Waals surface area (Å²) in [5, 5.41) is 3.10. The standard InChI is InChI=1S/C21H21N3O6/c1-28-16-8-7-13(11-17(16)29-2)22-19(25)12-30-20(26)10-9-18-23-15-6-4-3-5-14(15)21(27)24-18/h3-8,11H,9-10,12H2,1-2H3,(H,22,25)(H,23,24,27). The van der Waals surface area contributed by atoms with Crippen LogP contribution in [0.1, 0.15) is 12.2 Å². The summed E-state index contributed by atoms with van der Waals surface area (Å²) in [6.45, 7) is -0.436. The van der Waals surface area contributed by atoms with Crippen LogP contribution in [0.25, 0.3) is 10.9 Å². The number of carbonyl (C=O) groups is 2. The number of ether oxygens (including phenoxy) is 3. The van der Waals surface area contributed by atoms with Crippen LogP contribution < -0.4 is 20.3 Å². The Hall–Kier alpha value is -3.88. The number of carbonyl (C=O) groups excluding carboxylic acids is 2. The van der Waals surface area contributed by atoms with Crippen molar-refractivity contribution in [3.05, 3.63) is 58.6 Å². The molecule has 9 nitrogen and oxygen atoms in total. The van der Waals surface area contributed by atoms with Gasteiger partial charge in [-0.3, -0.25) is 14.4 Å². The minimum atomic E-state index is -0.576. The molecule has 2 aromatic carbocycles. The first-order valence-electron chi connectivity index (χ1n) is 9.15. The summed E-state index contributed by atoms with van der Waals surface area (Å²) in [5.41, 5.74) is 0.767. The number of rotatable bonds is 8. The molecule has 0 saturated heterocycles. The van der Waals surface area contributed by atoms with Crippen molar-refractivity contribution in [2.75, 3.05) is 26.1 Å². The molecule has 0 saturated carbocycles. The number of benzene rings is 2. The third kappa shape index (κ3) is 5.13. The number of nitrogens with one attached hydrogen (secondary N) is 2. The van der Waals surface area contributed by atoms with E-state index in [9.17, 15) is 14.4 Å². The Balaban J connectivity index is 1.50. The van der Waals surface area contributed by atoms with E-state index in [-0.39, 0.29) is 18.4 Å². The van der Waals surface area contributed by atoms with Gasteiger partial charge in [-0.1, -0.05) is 12.1 Å². The van der Waals surface area contributed by atoms with Crippen LogP contribution in [0.4, 0.5) is 5.69 Å². The molecule has 2 N–H and O–H groups in total. The molecule has 0 aliphatic carbocycles. The van der Waals surface area contributed by atoms with E-state index in [2.05, 4.69) is 15.3 Å². The van der Waals surface area contributed by atoms with Crippen molar-refractivity contribution in [3.63, 3.8) is 0 Å². The average molecular weight is 411 g/mol. The number of esters is 1. The molecule has 0 aliphatic rings. The van der Waals surface area contributed by atoms with Crippen molar-refractivity contribution in [2.45, 2.75) is 12.8 Å². The van der Waals surface area contributed by atoms with E-state index in [1.807, 2.05) is 0 Å². The topological polar surface area (TPSA) is 120 Å². The zero-order chi connectivity index (χ0) is 21.5. The van der Waals surface area contributed by atoms with E-state index in [0.717, 1.165) is 0 Å². The minimum Gasteiger partial charge on any atom is -0.493 e. The summed E-state index contributed by atoms with van der Waals surface area (Å²) in [6, 6.07) is 11.8. The fraction of sp³-hybridized carbons (Fsp3) is 0.238. The van der Waals surface area contributed by atoms with Gasteiger partial charge in [0.05, 0.1) is 31.5 Å². The largest absolute Gasteiger partial charge is 0.493 e. The zero-order valence-corrected chi connectivity index (χ0v) is 16.6. The molecule has 1 heterocycles. The second-order valence-corrected chi connectivity index (χ2v) is 6.31. The van der Waals surface area contributed by atoms with E-state index < -0.39 is 18.5 Å². The van der Waals surface area contributed by atoms with Gasteiger partial charge >= 0.3 is 5.97 Å². The maximum absolute atomic E-state index is 12.0. The Morgan fingerprint density at radius 2 is 1.83 bits per heavy atom. The summed E-state index contributed by atoms with van der Waals surface area (Å²) in [7, 11) is 3.00. The first kappa shape index (κ1) is 20.8. The number of aryl methyl sites for hydroxylation is 1. The van der Waals surface area contributed by atoms with Gasteiger partial charge in [-0.15, -0.1) is 0 Å². The zero-order valence-electron chi connectivity index (χ0n) is 16.6. The Kier molecular flexibility index (Phi) is 6.63. The number of anilines is 1. The molecule has 156 valence electrons. The molecule has 1 amide bonds. The van der Waals surface area contributed by atoms with E-state index in [1.165, 1.54) is 14.2 Å². The quantitative estimate of drug-likeness (QED) is 0.545. The second kappa shape index (κ2) is 9.55. The van der Waals surface area contributed by atoms with E-state index in [4.69, 9.17) is 14.2 Å². The summed E-state index contributed by atoms with van der Waals surface area (Å²) in [6.07, 6.45) is 0.168. The smallest absolute Gasteiger partial charge is 0.306 e. The Morgan fingerprint density at radius 1 is 1.07 bits per heavy atom. The highest BCUT2D eigenvalue weighted by Gasteiger charge is 2.11. The van der Waals surface area contributed by atoms with Crippen molar-refractivity contribution in [1.82, 2.24) is 9.97 Å². The third-order valence-corrected chi connectivity index (χ3v) is 4.26. The van der Waals surface area contributed by atoms with E-state index in [1.54, 1.807) is 42.5 Å². The number of hydrogen-bond acceptors (Lipinski definition) is 7. The van der Waals surface area contributed by atoms with E-state index >= 15 is 0 Å². The molecular weight excluding hydrogens is 390 g/mol. The lowest BCUT2D eigenvalue weighted by Crippen LogP contribution is -2.21.